The van der Waals surface area contributed by atoms with E-state index in [1.807, 2.05) is 53.2 Å². The number of hydrogen-bond acceptors (Lipinski definition) is 4. The molecular weight excluding hydrogens is 412 g/mol. The number of aromatic nitrogens is 1. The molecule has 0 atom stereocenters. The zero-order chi connectivity index (χ0) is 21.6. The van der Waals surface area contributed by atoms with Crippen molar-refractivity contribution >= 4 is 29.5 Å². The molecule has 1 aromatic heterocycles. The summed E-state index contributed by atoms with van der Waals surface area (Å²) in [6.07, 6.45) is 6.28. The highest BCUT2D eigenvalue weighted by Crippen LogP contribution is 2.21. The van der Waals surface area contributed by atoms with E-state index >= 15 is 0 Å². The fraction of sp³-hybridized carbons (Fsp3) is 0.120. The predicted octanol–water partition coefficient (Wildman–Crippen LogP) is 5.29. The van der Waals surface area contributed by atoms with Crippen molar-refractivity contribution in [3.05, 3.63) is 107 Å². The van der Waals surface area contributed by atoms with Gasteiger partial charge in [-0.1, -0.05) is 35.9 Å². The van der Waals surface area contributed by atoms with E-state index in [9.17, 15) is 4.79 Å². The van der Waals surface area contributed by atoms with E-state index in [4.69, 9.17) is 21.1 Å². The molecule has 3 aromatic rings. The molecule has 2 aromatic carbocycles. The van der Waals surface area contributed by atoms with Gasteiger partial charge in [-0.25, -0.2) is 9.79 Å². The quantitative estimate of drug-likeness (QED) is 0.276. The summed E-state index contributed by atoms with van der Waals surface area (Å²) < 4.78 is 13.3. The number of halogens is 1. The number of carbonyl (C=O) groups excluding carboxylic acids is 1. The van der Waals surface area contributed by atoms with Gasteiger partial charge in [-0.05, 0) is 60.5 Å². The van der Waals surface area contributed by atoms with Crippen molar-refractivity contribution in [2.75, 3.05) is 6.61 Å². The summed E-state index contributed by atoms with van der Waals surface area (Å²) in [5, 5.41) is 0.608. The van der Waals surface area contributed by atoms with Crippen molar-refractivity contribution in [1.29, 1.82) is 0 Å². The van der Waals surface area contributed by atoms with Crippen LogP contribution in [0.5, 0.6) is 5.75 Å². The van der Waals surface area contributed by atoms with Crippen LogP contribution in [0.15, 0.2) is 90.2 Å². The highest BCUT2D eigenvalue weighted by Gasteiger charge is 2.24. The first-order chi connectivity index (χ1) is 15.1. The van der Waals surface area contributed by atoms with Gasteiger partial charge in [-0.3, -0.25) is 0 Å². The fourth-order valence-electron chi connectivity index (χ4n) is 3.25. The maximum Gasteiger partial charge on any atom is 0.363 e. The summed E-state index contributed by atoms with van der Waals surface area (Å²) in [4.78, 5) is 16.6. The van der Waals surface area contributed by atoms with E-state index in [1.54, 1.807) is 30.3 Å². The number of hydrogen-bond donors (Lipinski definition) is 0. The summed E-state index contributed by atoms with van der Waals surface area (Å²) in [7, 11) is 0. The number of rotatable bonds is 8. The molecule has 1 aliphatic rings. The topological polar surface area (TPSA) is 52.8 Å². The Kier molecular flexibility index (Phi) is 6.34. The molecule has 0 aliphatic carbocycles. The normalized spacial score (nSPS) is 14.4. The van der Waals surface area contributed by atoms with Gasteiger partial charge in [0, 0.05) is 22.5 Å². The first-order valence-corrected chi connectivity index (χ1v) is 10.3. The first kappa shape index (κ1) is 20.7. The molecule has 0 N–H and O–H groups in total. The number of benzene rings is 2. The lowest BCUT2D eigenvalue weighted by Crippen LogP contribution is -2.10. The van der Waals surface area contributed by atoms with Crippen LogP contribution >= 0.6 is 11.6 Å². The van der Waals surface area contributed by atoms with E-state index in [1.165, 1.54) is 0 Å². The second-order valence-corrected chi connectivity index (χ2v) is 7.35. The van der Waals surface area contributed by atoms with Crippen molar-refractivity contribution in [2.24, 2.45) is 4.99 Å². The van der Waals surface area contributed by atoms with Crippen molar-refractivity contribution in [3.8, 4) is 5.75 Å². The lowest BCUT2D eigenvalue weighted by atomic mass is 10.1. The summed E-state index contributed by atoms with van der Waals surface area (Å²) in [6, 6.07) is 18.8. The highest BCUT2D eigenvalue weighted by molar-refractivity contribution is 6.30. The van der Waals surface area contributed by atoms with Crippen molar-refractivity contribution in [2.45, 2.75) is 13.0 Å². The van der Waals surface area contributed by atoms with Crippen LogP contribution < -0.4 is 4.74 Å². The lowest BCUT2D eigenvalue weighted by molar-refractivity contribution is -0.129. The number of allylic oxidation sites excluding steroid dienone is 1. The molecule has 0 saturated heterocycles. The van der Waals surface area contributed by atoms with Crippen molar-refractivity contribution in [3.63, 3.8) is 0 Å². The Labute approximate surface area is 185 Å². The molecule has 1 aliphatic heterocycles. The molecule has 156 valence electrons. The average Bonchev–Trinajstić information content (AvgIpc) is 3.37. The minimum absolute atomic E-state index is 0.252. The van der Waals surface area contributed by atoms with Gasteiger partial charge in [0.25, 0.3) is 0 Å². The number of aliphatic imine (C=N–C) groups is 1. The van der Waals surface area contributed by atoms with Crippen molar-refractivity contribution in [1.82, 2.24) is 4.57 Å². The Morgan fingerprint density at radius 1 is 1.10 bits per heavy atom. The van der Waals surface area contributed by atoms with Crippen LogP contribution in [-0.2, 0) is 22.5 Å². The van der Waals surface area contributed by atoms with Gasteiger partial charge in [0.05, 0.1) is 6.54 Å². The SMILES string of the molecule is C=CCc1ccccc1OCCn1cccc1/C=C1\N=C(c2ccc(Cl)cc2)OC1=O. The summed E-state index contributed by atoms with van der Waals surface area (Å²) in [5.41, 5.74) is 2.89. The summed E-state index contributed by atoms with van der Waals surface area (Å²) in [6.45, 7) is 4.90. The largest absolute Gasteiger partial charge is 0.491 e. The molecular formula is C25H21ClN2O3. The standard InChI is InChI=1S/C25H21ClN2O3/c1-2-6-18-7-3-4-9-23(18)30-16-15-28-14-5-8-21(28)17-22-25(29)31-24(27-22)19-10-12-20(26)13-11-19/h2-5,7-14,17H,1,6,15-16H2/b22-17-. The molecule has 0 spiro atoms. The fourth-order valence-corrected chi connectivity index (χ4v) is 3.38. The van der Waals surface area contributed by atoms with E-state index in [0.717, 1.165) is 23.4 Å². The smallest absolute Gasteiger partial charge is 0.363 e. The number of carbonyl (C=O) groups is 1. The molecule has 0 unspecified atom stereocenters. The van der Waals surface area contributed by atoms with Crippen LogP contribution in [0.1, 0.15) is 16.8 Å². The molecule has 5 nitrogen and oxygen atoms in total. The minimum Gasteiger partial charge on any atom is -0.491 e. The first-order valence-electron chi connectivity index (χ1n) is 9.89. The Morgan fingerprint density at radius 3 is 2.71 bits per heavy atom. The summed E-state index contributed by atoms with van der Waals surface area (Å²) >= 11 is 5.92. The van der Waals surface area contributed by atoms with Crippen LogP contribution in [-0.4, -0.2) is 23.0 Å². The molecule has 0 saturated carbocycles. The third-order valence-corrected chi connectivity index (χ3v) is 5.04. The number of cyclic esters (lactones) is 1. The molecule has 0 bridgehead atoms. The maximum absolute atomic E-state index is 12.3. The van der Waals surface area contributed by atoms with Gasteiger partial charge < -0.3 is 14.0 Å². The van der Waals surface area contributed by atoms with Crippen molar-refractivity contribution < 1.29 is 14.3 Å². The number of nitrogens with zero attached hydrogens (tertiary/aromatic N) is 2. The Morgan fingerprint density at radius 2 is 1.90 bits per heavy atom. The maximum atomic E-state index is 12.3. The molecule has 0 radical (unpaired) electrons. The molecule has 0 amide bonds. The third kappa shape index (κ3) is 4.95. The van der Waals surface area contributed by atoms with E-state index in [2.05, 4.69) is 11.6 Å². The Balaban J connectivity index is 1.46. The third-order valence-electron chi connectivity index (χ3n) is 4.79. The van der Waals surface area contributed by atoms with Crippen LogP contribution in [0, 0.1) is 0 Å². The molecule has 2 heterocycles. The second-order valence-electron chi connectivity index (χ2n) is 6.92. The average molecular weight is 433 g/mol. The molecule has 4 rings (SSSR count). The van der Waals surface area contributed by atoms with Gasteiger partial charge in [0.1, 0.15) is 12.4 Å². The van der Waals surface area contributed by atoms with Crippen LogP contribution in [0.3, 0.4) is 0 Å². The number of esters is 1. The zero-order valence-corrected chi connectivity index (χ0v) is 17.6. The van der Waals surface area contributed by atoms with E-state index < -0.39 is 5.97 Å². The summed E-state index contributed by atoms with van der Waals surface area (Å²) in [5.74, 6) is 0.645. The predicted molar refractivity (Wildman–Crippen MR) is 122 cm³/mol. The minimum atomic E-state index is -0.479. The number of para-hydroxylation sites is 1. The molecule has 6 heteroatoms. The van der Waals surface area contributed by atoms with Gasteiger partial charge in [0.15, 0.2) is 5.70 Å². The van der Waals surface area contributed by atoms with Crippen LogP contribution in [0.25, 0.3) is 6.08 Å². The zero-order valence-electron chi connectivity index (χ0n) is 16.8. The van der Waals surface area contributed by atoms with Gasteiger partial charge in [-0.2, -0.15) is 0 Å². The van der Waals surface area contributed by atoms with Gasteiger partial charge in [0.2, 0.25) is 5.90 Å². The van der Waals surface area contributed by atoms with E-state index in [0.29, 0.717) is 23.7 Å². The molecule has 0 fully saturated rings. The molecule has 31 heavy (non-hydrogen) atoms. The van der Waals surface area contributed by atoms with Gasteiger partial charge in [-0.15, -0.1) is 6.58 Å². The number of ether oxygens (including phenoxy) is 2. The van der Waals surface area contributed by atoms with Crippen LogP contribution in [0.2, 0.25) is 5.02 Å². The highest BCUT2D eigenvalue weighted by atomic mass is 35.5. The van der Waals surface area contributed by atoms with E-state index in [-0.39, 0.29) is 11.6 Å². The second kappa shape index (κ2) is 9.49. The van der Waals surface area contributed by atoms with Gasteiger partial charge >= 0.3 is 5.97 Å². The van der Waals surface area contributed by atoms with Crippen LogP contribution in [0.4, 0.5) is 0 Å². The Hall–Kier alpha value is -3.57. The Bertz CT molecular complexity index is 1160. The lowest BCUT2D eigenvalue weighted by Gasteiger charge is -2.12. The monoisotopic (exact) mass is 432 g/mol.